The Morgan fingerprint density at radius 3 is 2.81 bits per heavy atom. The third kappa shape index (κ3) is 2.25. The van der Waals surface area contributed by atoms with E-state index in [0.29, 0.717) is 5.57 Å². The highest BCUT2D eigenvalue weighted by molar-refractivity contribution is 5.97. The molecule has 2 heterocycles. The van der Waals surface area contributed by atoms with Gasteiger partial charge in [0.1, 0.15) is 6.10 Å². The van der Waals surface area contributed by atoms with Gasteiger partial charge in [-0.2, -0.15) is 0 Å². The van der Waals surface area contributed by atoms with E-state index < -0.39 is 5.60 Å². The van der Waals surface area contributed by atoms with Crippen LogP contribution in [0.4, 0.5) is 0 Å². The largest absolute Gasteiger partial charge is 0.515 e. The van der Waals surface area contributed by atoms with Crippen molar-refractivity contribution in [2.45, 2.75) is 37.5 Å². The minimum Gasteiger partial charge on any atom is -0.515 e. The molecule has 2 aliphatic heterocycles. The Morgan fingerprint density at radius 2 is 2.19 bits per heavy atom. The monoisotopic (exact) mass is 285 g/mol. The number of ether oxygens (including phenoxy) is 1. The summed E-state index contributed by atoms with van der Waals surface area (Å²) in [6.45, 7) is 1.87. The average Bonchev–Trinajstić information content (AvgIpc) is 3.27. The summed E-state index contributed by atoms with van der Waals surface area (Å²) in [4.78, 5) is 11.9. The fourth-order valence-electron chi connectivity index (χ4n) is 3.01. The molecule has 0 saturated carbocycles. The van der Waals surface area contributed by atoms with E-state index in [1.54, 1.807) is 6.08 Å². The number of aryl methyl sites for hydroxylation is 1. The Kier molecular flexibility index (Phi) is 3.55. The normalized spacial score (nSPS) is 31.3. The van der Waals surface area contributed by atoms with Gasteiger partial charge in [-0.25, -0.2) is 0 Å². The standard InChI is InChI=1S/C17H19NO3/c1-2-6-13(11-19)15-17(16(20)18-15)14(21-17)10-9-12-7-4-3-5-8-12/h2-8,11,14-15,19H,9-10H2,1H3,(H,18,20)/b6-2-,13-11+. The summed E-state index contributed by atoms with van der Waals surface area (Å²) in [5.41, 5.74) is 1.16. The number of carbonyl (C=O) groups is 1. The number of hydrogen-bond acceptors (Lipinski definition) is 3. The van der Waals surface area contributed by atoms with Crippen LogP contribution in [-0.4, -0.2) is 28.8 Å². The maximum absolute atomic E-state index is 11.9. The zero-order chi connectivity index (χ0) is 14.9. The molecule has 3 unspecified atom stereocenters. The maximum Gasteiger partial charge on any atom is 0.258 e. The molecule has 0 aromatic heterocycles. The van der Waals surface area contributed by atoms with Gasteiger partial charge in [-0.3, -0.25) is 4.79 Å². The Labute approximate surface area is 124 Å². The number of hydrogen-bond donors (Lipinski definition) is 2. The van der Waals surface area contributed by atoms with Gasteiger partial charge in [0.15, 0.2) is 5.60 Å². The second-order valence-corrected chi connectivity index (χ2v) is 5.46. The van der Waals surface area contributed by atoms with Crippen molar-refractivity contribution in [1.82, 2.24) is 5.32 Å². The minimum absolute atomic E-state index is 0.0725. The highest BCUT2D eigenvalue weighted by Gasteiger charge is 2.73. The van der Waals surface area contributed by atoms with Crippen LogP contribution in [0.1, 0.15) is 18.9 Å². The maximum atomic E-state index is 11.9. The first-order chi connectivity index (χ1) is 10.2. The molecule has 2 N–H and O–H groups in total. The Bertz CT molecular complexity index is 593. The molecule has 2 fully saturated rings. The number of nitrogens with one attached hydrogen (secondary N) is 1. The molecule has 1 spiro atoms. The minimum atomic E-state index is -0.761. The van der Waals surface area contributed by atoms with Crippen LogP contribution in [0.25, 0.3) is 0 Å². The summed E-state index contributed by atoms with van der Waals surface area (Å²) >= 11 is 0. The molecule has 2 saturated heterocycles. The second kappa shape index (κ2) is 5.37. The number of carbonyl (C=O) groups excluding carboxylic acids is 1. The van der Waals surface area contributed by atoms with Gasteiger partial charge in [-0.15, -0.1) is 0 Å². The predicted octanol–water partition coefficient (Wildman–Crippen LogP) is 2.27. The lowest BCUT2D eigenvalue weighted by molar-refractivity contribution is -0.135. The lowest BCUT2D eigenvalue weighted by atomic mass is 9.80. The summed E-state index contributed by atoms with van der Waals surface area (Å²) in [5, 5.41) is 12.1. The van der Waals surface area contributed by atoms with Gasteiger partial charge in [-0.1, -0.05) is 42.5 Å². The molecule has 4 nitrogen and oxygen atoms in total. The Balaban J connectivity index is 1.65. The molecule has 4 heteroatoms. The number of β-lactam (4-membered cyclic amide) rings is 1. The van der Waals surface area contributed by atoms with Gasteiger partial charge < -0.3 is 15.2 Å². The highest BCUT2D eigenvalue weighted by atomic mass is 16.6. The second-order valence-electron chi connectivity index (χ2n) is 5.46. The quantitative estimate of drug-likeness (QED) is 0.377. The lowest BCUT2D eigenvalue weighted by Crippen LogP contribution is -2.67. The molecule has 1 aromatic rings. The third-order valence-corrected chi connectivity index (χ3v) is 4.20. The van der Waals surface area contributed by atoms with Gasteiger partial charge in [-0.05, 0) is 25.3 Å². The van der Waals surface area contributed by atoms with Gasteiger partial charge in [0.2, 0.25) is 0 Å². The summed E-state index contributed by atoms with van der Waals surface area (Å²) < 4.78 is 5.72. The average molecular weight is 285 g/mol. The van der Waals surface area contributed by atoms with Crippen LogP contribution < -0.4 is 5.32 Å². The summed E-state index contributed by atoms with van der Waals surface area (Å²) in [7, 11) is 0. The van der Waals surface area contributed by atoms with Crippen molar-refractivity contribution < 1.29 is 14.6 Å². The number of benzene rings is 1. The van der Waals surface area contributed by atoms with E-state index in [0.717, 1.165) is 19.1 Å². The van der Waals surface area contributed by atoms with Crippen molar-refractivity contribution in [3.05, 3.63) is 59.9 Å². The van der Waals surface area contributed by atoms with E-state index in [1.807, 2.05) is 31.2 Å². The highest BCUT2D eigenvalue weighted by Crippen LogP contribution is 2.49. The number of epoxide rings is 1. The number of amides is 1. The Morgan fingerprint density at radius 1 is 1.43 bits per heavy atom. The van der Waals surface area contributed by atoms with E-state index in [1.165, 1.54) is 5.56 Å². The van der Waals surface area contributed by atoms with Crippen LogP contribution in [0.5, 0.6) is 0 Å². The molecule has 110 valence electrons. The Hall–Kier alpha value is -2.07. The first kappa shape index (κ1) is 13.9. The molecule has 0 aliphatic carbocycles. The molecule has 21 heavy (non-hydrogen) atoms. The van der Waals surface area contributed by atoms with Crippen molar-refractivity contribution in [3.63, 3.8) is 0 Å². The summed E-state index contributed by atoms with van der Waals surface area (Å²) in [5.74, 6) is -0.0746. The van der Waals surface area contributed by atoms with Gasteiger partial charge in [0, 0.05) is 5.57 Å². The van der Waals surface area contributed by atoms with Crippen LogP contribution in [0.15, 0.2) is 54.3 Å². The van der Waals surface area contributed by atoms with E-state index in [4.69, 9.17) is 4.74 Å². The number of rotatable bonds is 5. The van der Waals surface area contributed by atoms with E-state index in [-0.39, 0.29) is 18.1 Å². The first-order valence-electron chi connectivity index (χ1n) is 7.22. The van der Waals surface area contributed by atoms with Gasteiger partial charge >= 0.3 is 0 Å². The number of allylic oxidation sites excluding steroid dienone is 1. The fraction of sp³-hybridized carbons (Fsp3) is 0.353. The van der Waals surface area contributed by atoms with E-state index in [2.05, 4.69) is 17.4 Å². The van der Waals surface area contributed by atoms with Crippen molar-refractivity contribution in [2.75, 3.05) is 0 Å². The lowest BCUT2D eigenvalue weighted by Gasteiger charge is -2.35. The van der Waals surface area contributed by atoms with E-state index in [9.17, 15) is 9.90 Å². The third-order valence-electron chi connectivity index (χ3n) is 4.20. The summed E-state index contributed by atoms with van der Waals surface area (Å²) in [6.07, 6.45) is 6.29. The molecule has 3 atom stereocenters. The van der Waals surface area contributed by atoms with Crippen LogP contribution in [-0.2, 0) is 16.0 Å². The molecular weight excluding hydrogens is 266 g/mol. The van der Waals surface area contributed by atoms with Crippen LogP contribution in [0, 0.1) is 0 Å². The molecule has 1 amide bonds. The SMILES string of the molecule is C/C=C\C(=C/O)C1NC(=O)C12OC2CCc1ccccc1. The van der Waals surface area contributed by atoms with Crippen LogP contribution in [0.2, 0.25) is 0 Å². The zero-order valence-electron chi connectivity index (χ0n) is 12.0. The molecule has 3 rings (SSSR count). The van der Waals surface area contributed by atoms with Crippen LogP contribution in [0.3, 0.4) is 0 Å². The van der Waals surface area contributed by atoms with Gasteiger partial charge in [0.05, 0.1) is 12.3 Å². The molecule has 0 bridgehead atoms. The number of aliphatic hydroxyl groups is 1. The van der Waals surface area contributed by atoms with Crippen molar-refractivity contribution in [1.29, 1.82) is 0 Å². The van der Waals surface area contributed by atoms with Crippen molar-refractivity contribution >= 4 is 5.91 Å². The van der Waals surface area contributed by atoms with Crippen LogP contribution >= 0.6 is 0 Å². The smallest absolute Gasteiger partial charge is 0.258 e. The summed E-state index contributed by atoms with van der Waals surface area (Å²) in [6, 6.07) is 9.92. The van der Waals surface area contributed by atoms with Crippen molar-refractivity contribution in [3.8, 4) is 0 Å². The first-order valence-corrected chi connectivity index (χ1v) is 7.22. The van der Waals surface area contributed by atoms with Gasteiger partial charge in [0.25, 0.3) is 5.91 Å². The topological polar surface area (TPSA) is 61.9 Å². The predicted molar refractivity (Wildman–Crippen MR) is 79.8 cm³/mol. The van der Waals surface area contributed by atoms with E-state index >= 15 is 0 Å². The number of aliphatic hydroxyl groups excluding tert-OH is 1. The molecule has 2 aliphatic rings. The molecule has 0 radical (unpaired) electrons. The fourth-order valence-corrected chi connectivity index (χ4v) is 3.01. The van der Waals surface area contributed by atoms with Crippen molar-refractivity contribution in [2.24, 2.45) is 0 Å². The molecule has 1 aromatic carbocycles. The zero-order valence-corrected chi connectivity index (χ0v) is 12.0. The molecular formula is C17H19NO3.